The molecule has 0 bridgehead atoms. The van der Waals surface area contributed by atoms with E-state index >= 15 is 0 Å². The SMILES string of the molecule is CC(Cl)NC(C)Cl.Cl. The van der Waals surface area contributed by atoms with Gasteiger partial charge in [0.1, 0.15) is 0 Å². The van der Waals surface area contributed by atoms with E-state index in [1.165, 1.54) is 0 Å². The maximum atomic E-state index is 5.48. The van der Waals surface area contributed by atoms with Crippen LogP contribution in [0, 0.1) is 0 Å². The van der Waals surface area contributed by atoms with Crippen molar-refractivity contribution in [1.82, 2.24) is 5.32 Å². The fourth-order valence-corrected chi connectivity index (χ4v) is 0.759. The van der Waals surface area contributed by atoms with Gasteiger partial charge >= 0.3 is 0 Å². The molecule has 1 nitrogen and oxygen atoms in total. The Bertz CT molecular complexity index is 40.5. The van der Waals surface area contributed by atoms with Gasteiger partial charge in [0, 0.05) is 0 Å². The number of halogens is 3. The van der Waals surface area contributed by atoms with Crippen molar-refractivity contribution in [1.29, 1.82) is 0 Å². The van der Waals surface area contributed by atoms with E-state index in [2.05, 4.69) is 5.32 Å². The molecule has 0 aliphatic carbocycles. The van der Waals surface area contributed by atoms with Crippen LogP contribution in [0.4, 0.5) is 0 Å². The standard InChI is InChI=1S/C4H9Cl2N.ClH/c1-3(5)7-4(2)6;/h3-4,7H,1-2H3;1H. The third kappa shape index (κ3) is 9.95. The molecule has 2 unspecified atom stereocenters. The topological polar surface area (TPSA) is 12.0 Å². The van der Waals surface area contributed by atoms with Crippen molar-refractivity contribution in [3.63, 3.8) is 0 Å². The highest BCUT2D eigenvalue weighted by atomic mass is 35.5. The molecular formula is C4H10Cl3N. The van der Waals surface area contributed by atoms with Gasteiger partial charge < -0.3 is 0 Å². The molecule has 0 aliphatic heterocycles. The molecule has 0 amide bonds. The van der Waals surface area contributed by atoms with Crippen molar-refractivity contribution < 1.29 is 0 Å². The monoisotopic (exact) mass is 177 g/mol. The summed E-state index contributed by atoms with van der Waals surface area (Å²) in [6, 6.07) is 0. The zero-order chi connectivity index (χ0) is 5.86. The highest BCUT2D eigenvalue weighted by Crippen LogP contribution is 1.93. The van der Waals surface area contributed by atoms with Gasteiger partial charge in [-0.25, -0.2) is 0 Å². The molecule has 2 atom stereocenters. The van der Waals surface area contributed by atoms with Crippen molar-refractivity contribution >= 4 is 35.6 Å². The largest absolute Gasteiger partial charge is 0.286 e. The van der Waals surface area contributed by atoms with E-state index in [4.69, 9.17) is 23.2 Å². The molecule has 1 N–H and O–H groups in total. The van der Waals surface area contributed by atoms with Crippen LogP contribution in [0.15, 0.2) is 0 Å². The normalized spacial score (nSPS) is 16.5. The van der Waals surface area contributed by atoms with E-state index in [0.29, 0.717) is 0 Å². The molecule has 52 valence electrons. The van der Waals surface area contributed by atoms with Gasteiger partial charge in [-0.2, -0.15) is 0 Å². The quantitative estimate of drug-likeness (QED) is 0.505. The van der Waals surface area contributed by atoms with Crippen LogP contribution in [0.2, 0.25) is 0 Å². The summed E-state index contributed by atoms with van der Waals surface area (Å²) in [5.41, 5.74) is -0.0694. The fourth-order valence-electron chi connectivity index (χ4n) is 0.316. The summed E-state index contributed by atoms with van der Waals surface area (Å²) in [7, 11) is 0. The molecule has 0 aliphatic rings. The van der Waals surface area contributed by atoms with Crippen LogP contribution >= 0.6 is 35.6 Å². The second kappa shape index (κ2) is 5.96. The molecule has 0 radical (unpaired) electrons. The minimum Gasteiger partial charge on any atom is -0.286 e. The maximum Gasteiger partial charge on any atom is 0.0807 e. The number of alkyl halides is 2. The molecule has 0 rings (SSSR count). The zero-order valence-electron chi connectivity index (χ0n) is 4.82. The van der Waals surface area contributed by atoms with Crippen LogP contribution in [-0.4, -0.2) is 11.0 Å². The van der Waals surface area contributed by atoms with Crippen molar-refractivity contribution in [2.75, 3.05) is 0 Å². The van der Waals surface area contributed by atoms with Gasteiger partial charge in [0.25, 0.3) is 0 Å². The zero-order valence-corrected chi connectivity index (χ0v) is 7.15. The molecule has 0 aromatic heterocycles. The smallest absolute Gasteiger partial charge is 0.0807 e. The Hall–Kier alpha value is 0.830. The van der Waals surface area contributed by atoms with Crippen molar-refractivity contribution in [3.8, 4) is 0 Å². The average molecular weight is 178 g/mol. The number of nitrogens with one attached hydrogen (secondary N) is 1. The lowest BCUT2D eigenvalue weighted by Gasteiger charge is -2.06. The minimum absolute atomic E-state index is 0. The first-order valence-electron chi connectivity index (χ1n) is 2.17. The summed E-state index contributed by atoms with van der Waals surface area (Å²) >= 11 is 11.0. The van der Waals surface area contributed by atoms with Crippen LogP contribution in [0.1, 0.15) is 13.8 Å². The maximum absolute atomic E-state index is 5.48. The Labute approximate surface area is 66.1 Å². The van der Waals surface area contributed by atoms with E-state index in [1.54, 1.807) is 0 Å². The average Bonchev–Trinajstić information content (AvgIpc) is 1.27. The Morgan fingerprint density at radius 3 is 1.38 bits per heavy atom. The third-order valence-corrected chi connectivity index (χ3v) is 0.711. The van der Waals surface area contributed by atoms with Crippen LogP contribution in [0.5, 0.6) is 0 Å². The van der Waals surface area contributed by atoms with Gasteiger partial charge in [0.2, 0.25) is 0 Å². The number of hydrogen-bond donors (Lipinski definition) is 1. The molecule has 0 aromatic carbocycles. The predicted molar refractivity (Wildman–Crippen MR) is 41.0 cm³/mol. The third-order valence-electron chi connectivity index (χ3n) is 0.459. The van der Waals surface area contributed by atoms with Crippen molar-refractivity contribution in [2.45, 2.75) is 24.8 Å². The van der Waals surface area contributed by atoms with Gasteiger partial charge in [0.15, 0.2) is 0 Å². The molecular weight excluding hydrogens is 168 g/mol. The molecule has 4 heteroatoms. The lowest BCUT2D eigenvalue weighted by atomic mass is 10.6. The van der Waals surface area contributed by atoms with E-state index in [-0.39, 0.29) is 23.4 Å². The second-order valence-electron chi connectivity index (χ2n) is 1.40. The highest BCUT2D eigenvalue weighted by molar-refractivity contribution is 6.22. The minimum atomic E-state index is -0.0347. The number of hydrogen-bond acceptors (Lipinski definition) is 1. The summed E-state index contributed by atoms with van der Waals surface area (Å²) in [6.45, 7) is 3.67. The molecule has 0 fully saturated rings. The van der Waals surface area contributed by atoms with Crippen LogP contribution < -0.4 is 5.32 Å². The Morgan fingerprint density at radius 1 is 1.12 bits per heavy atom. The van der Waals surface area contributed by atoms with E-state index in [1.807, 2.05) is 13.8 Å². The fraction of sp³-hybridized carbons (Fsp3) is 1.00. The second-order valence-corrected chi connectivity index (χ2v) is 2.71. The summed E-state index contributed by atoms with van der Waals surface area (Å²) in [5, 5.41) is 2.84. The van der Waals surface area contributed by atoms with Crippen molar-refractivity contribution in [3.05, 3.63) is 0 Å². The van der Waals surface area contributed by atoms with Gasteiger partial charge in [-0.1, -0.05) is 0 Å². The summed E-state index contributed by atoms with van der Waals surface area (Å²) < 4.78 is 0. The molecule has 0 saturated carbocycles. The van der Waals surface area contributed by atoms with Gasteiger partial charge in [0.05, 0.1) is 11.0 Å². The molecule has 0 aromatic rings. The van der Waals surface area contributed by atoms with Crippen LogP contribution in [0.3, 0.4) is 0 Å². The summed E-state index contributed by atoms with van der Waals surface area (Å²) in [4.78, 5) is 0. The highest BCUT2D eigenvalue weighted by Gasteiger charge is 1.96. The van der Waals surface area contributed by atoms with Gasteiger partial charge in [-0.05, 0) is 13.8 Å². The first kappa shape index (κ1) is 11.6. The number of rotatable bonds is 2. The van der Waals surface area contributed by atoms with E-state index in [0.717, 1.165) is 0 Å². The summed E-state index contributed by atoms with van der Waals surface area (Å²) in [5.74, 6) is 0. The lowest BCUT2D eigenvalue weighted by Crippen LogP contribution is -2.25. The Balaban J connectivity index is 0. The molecule has 0 spiro atoms. The van der Waals surface area contributed by atoms with E-state index < -0.39 is 0 Å². The predicted octanol–water partition coefficient (Wildman–Crippen LogP) is 2.17. The Kier molecular flexibility index (Phi) is 8.64. The van der Waals surface area contributed by atoms with Crippen LogP contribution in [0.25, 0.3) is 0 Å². The summed E-state index contributed by atoms with van der Waals surface area (Å²) in [6.07, 6.45) is 0. The first-order chi connectivity index (χ1) is 3.13. The molecule has 0 saturated heterocycles. The Morgan fingerprint density at radius 2 is 1.38 bits per heavy atom. The van der Waals surface area contributed by atoms with E-state index in [9.17, 15) is 0 Å². The van der Waals surface area contributed by atoms with Gasteiger partial charge in [-0.3, -0.25) is 5.32 Å². The lowest BCUT2D eigenvalue weighted by molar-refractivity contribution is 0.667. The molecule has 0 heterocycles. The van der Waals surface area contributed by atoms with Crippen LogP contribution in [-0.2, 0) is 0 Å². The van der Waals surface area contributed by atoms with Gasteiger partial charge in [-0.15, -0.1) is 35.6 Å². The first-order valence-corrected chi connectivity index (χ1v) is 3.04. The molecule has 8 heavy (non-hydrogen) atoms. The van der Waals surface area contributed by atoms with Crippen molar-refractivity contribution in [2.24, 2.45) is 0 Å².